The first-order valence-electron chi connectivity index (χ1n) is 12.1. The van der Waals surface area contributed by atoms with E-state index in [1.54, 1.807) is 64.1 Å². The van der Waals surface area contributed by atoms with E-state index >= 15 is 0 Å². The molecule has 2 aromatic carbocycles. The van der Waals surface area contributed by atoms with E-state index in [1.165, 1.54) is 0 Å². The first-order valence-corrected chi connectivity index (χ1v) is 12.1. The van der Waals surface area contributed by atoms with E-state index in [1.807, 2.05) is 11.0 Å². The Kier molecular flexibility index (Phi) is 7.23. The van der Waals surface area contributed by atoms with Gasteiger partial charge in [-0.15, -0.1) is 0 Å². The molecule has 0 atom stereocenters. The maximum Gasteiger partial charge on any atom is 0.274 e. The summed E-state index contributed by atoms with van der Waals surface area (Å²) in [7, 11) is 0. The van der Waals surface area contributed by atoms with E-state index in [0.717, 1.165) is 0 Å². The number of carbonyl (C=O) groups is 2. The van der Waals surface area contributed by atoms with Gasteiger partial charge in [0.2, 0.25) is 5.95 Å². The summed E-state index contributed by atoms with van der Waals surface area (Å²) in [6.45, 7) is 9.60. The average Bonchev–Trinajstić information content (AvgIpc) is 2.90. The fraction of sp³-hybridized carbons (Fsp3) is 0.321. The summed E-state index contributed by atoms with van der Waals surface area (Å²) in [6.07, 6.45) is 0. The molecule has 190 valence electrons. The van der Waals surface area contributed by atoms with Crippen LogP contribution in [0.4, 0.5) is 17.3 Å². The monoisotopic (exact) mass is 498 g/mol. The molecule has 4 rings (SSSR count). The predicted molar refractivity (Wildman–Crippen MR) is 142 cm³/mol. The molecule has 3 aromatic rings. The summed E-state index contributed by atoms with van der Waals surface area (Å²) in [5.41, 5.74) is 8.86. The lowest BCUT2D eigenvalue weighted by molar-refractivity contribution is 0.102. The Bertz CT molecular complexity index is 1400. The second-order valence-electron chi connectivity index (χ2n) is 9.62. The summed E-state index contributed by atoms with van der Waals surface area (Å²) >= 11 is 0. The number of ketones is 1. The van der Waals surface area contributed by atoms with E-state index in [4.69, 9.17) is 10.5 Å². The van der Waals surface area contributed by atoms with E-state index in [-0.39, 0.29) is 22.7 Å². The first-order chi connectivity index (χ1) is 17.6. The van der Waals surface area contributed by atoms with Crippen molar-refractivity contribution < 1.29 is 14.3 Å². The zero-order chi connectivity index (χ0) is 26.7. The summed E-state index contributed by atoms with van der Waals surface area (Å²) in [6, 6.07) is 14.2. The van der Waals surface area contributed by atoms with E-state index in [2.05, 4.69) is 21.4 Å². The van der Waals surface area contributed by atoms with Gasteiger partial charge >= 0.3 is 0 Å². The molecule has 1 aliphatic rings. The number of morpholine rings is 1. The van der Waals surface area contributed by atoms with Crippen molar-refractivity contribution in [2.45, 2.75) is 33.1 Å². The highest BCUT2D eigenvalue weighted by Crippen LogP contribution is 2.31. The van der Waals surface area contributed by atoms with Crippen LogP contribution < -0.4 is 16.0 Å². The maximum atomic E-state index is 13.7. The van der Waals surface area contributed by atoms with Crippen molar-refractivity contribution in [1.82, 2.24) is 9.97 Å². The number of nitrogens with one attached hydrogen (secondary N) is 1. The number of rotatable bonds is 6. The van der Waals surface area contributed by atoms with E-state index in [9.17, 15) is 14.9 Å². The van der Waals surface area contributed by atoms with Gasteiger partial charge in [0.05, 0.1) is 35.9 Å². The third-order valence-corrected chi connectivity index (χ3v) is 6.41. The standard InChI is InChI=1S/C28H30N6O3/c1-17-8-9-21(30)23(25(35)19-6-5-7-20(15-19)28(3,4)16-29)24(17)33-26(36)22-14-18(2)31-27(32-22)34-10-12-37-13-11-34/h5-9,14-15H,10-13,30H2,1-4H3,(H,33,36). The zero-order valence-corrected chi connectivity index (χ0v) is 21.5. The van der Waals surface area contributed by atoms with Crippen LogP contribution in [0.3, 0.4) is 0 Å². The zero-order valence-electron chi connectivity index (χ0n) is 21.5. The highest BCUT2D eigenvalue weighted by molar-refractivity contribution is 6.18. The van der Waals surface area contributed by atoms with Gasteiger partial charge in [-0.3, -0.25) is 9.59 Å². The predicted octanol–water partition coefficient (Wildman–Crippen LogP) is 3.80. The lowest BCUT2D eigenvalue weighted by atomic mass is 9.84. The average molecular weight is 499 g/mol. The number of nitrogen functional groups attached to an aromatic ring is 1. The molecule has 1 aliphatic heterocycles. The topological polar surface area (TPSA) is 134 Å². The summed E-state index contributed by atoms with van der Waals surface area (Å²) < 4.78 is 5.40. The second-order valence-corrected chi connectivity index (χ2v) is 9.62. The van der Waals surface area contributed by atoms with Gasteiger partial charge in [0, 0.05) is 30.0 Å². The lowest BCUT2D eigenvalue weighted by Crippen LogP contribution is -2.37. The van der Waals surface area contributed by atoms with Gasteiger partial charge in [-0.2, -0.15) is 5.26 Å². The van der Waals surface area contributed by atoms with Crippen LogP contribution in [0.25, 0.3) is 0 Å². The molecular formula is C28H30N6O3. The minimum Gasteiger partial charge on any atom is -0.398 e. The van der Waals surface area contributed by atoms with Crippen LogP contribution in [0.5, 0.6) is 0 Å². The molecule has 2 heterocycles. The van der Waals surface area contributed by atoms with Crippen LogP contribution in [0.1, 0.15) is 57.1 Å². The highest BCUT2D eigenvalue weighted by Gasteiger charge is 2.25. The molecule has 0 unspecified atom stereocenters. The van der Waals surface area contributed by atoms with Crippen molar-refractivity contribution in [2.24, 2.45) is 0 Å². The van der Waals surface area contributed by atoms with Gasteiger partial charge in [-0.05, 0) is 57.0 Å². The molecule has 9 heteroatoms. The van der Waals surface area contributed by atoms with Crippen LogP contribution >= 0.6 is 0 Å². The Morgan fingerprint density at radius 2 is 1.84 bits per heavy atom. The molecule has 1 saturated heterocycles. The quantitative estimate of drug-likeness (QED) is 0.387. The number of carbonyl (C=O) groups excluding carboxylic acids is 2. The first kappa shape index (κ1) is 25.8. The third-order valence-electron chi connectivity index (χ3n) is 6.41. The largest absolute Gasteiger partial charge is 0.398 e. The molecule has 1 amide bonds. The van der Waals surface area contributed by atoms with E-state index in [0.29, 0.717) is 60.3 Å². The SMILES string of the molecule is Cc1cc(C(=O)Nc2c(C)ccc(N)c2C(=O)c2cccc(C(C)(C)C#N)c2)nc(N2CCOCC2)n1. The smallest absolute Gasteiger partial charge is 0.274 e. The Balaban J connectivity index is 1.69. The number of hydrogen-bond donors (Lipinski definition) is 2. The molecule has 0 saturated carbocycles. The maximum absolute atomic E-state index is 13.7. The number of amides is 1. The number of nitrogens with two attached hydrogens (primary N) is 1. The summed E-state index contributed by atoms with van der Waals surface area (Å²) in [5.74, 6) is -0.354. The Morgan fingerprint density at radius 1 is 1.11 bits per heavy atom. The lowest BCUT2D eigenvalue weighted by Gasteiger charge is -2.27. The number of aryl methyl sites for hydroxylation is 2. The van der Waals surface area contributed by atoms with Gasteiger partial charge in [-0.1, -0.05) is 24.3 Å². The van der Waals surface area contributed by atoms with Crippen molar-refractivity contribution in [3.8, 4) is 6.07 Å². The number of nitriles is 1. The van der Waals surface area contributed by atoms with Crippen LogP contribution in [-0.2, 0) is 10.2 Å². The van der Waals surface area contributed by atoms with Crippen LogP contribution in [0, 0.1) is 25.2 Å². The molecule has 3 N–H and O–H groups in total. The molecule has 0 spiro atoms. The molecule has 9 nitrogen and oxygen atoms in total. The fourth-order valence-electron chi connectivity index (χ4n) is 4.14. The minimum absolute atomic E-state index is 0.187. The molecule has 0 aliphatic carbocycles. The summed E-state index contributed by atoms with van der Waals surface area (Å²) in [4.78, 5) is 38.0. The Labute approximate surface area is 216 Å². The summed E-state index contributed by atoms with van der Waals surface area (Å²) in [5, 5.41) is 12.4. The molecule has 0 bridgehead atoms. The number of aromatic nitrogens is 2. The van der Waals surface area contributed by atoms with Crippen molar-refractivity contribution >= 4 is 29.0 Å². The van der Waals surface area contributed by atoms with Crippen LogP contribution in [0.2, 0.25) is 0 Å². The van der Waals surface area contributed by atoms with Gasteiger partial charge < -0.3 is 20.7 Å². The van der Waals surface area contributed by atoms with Gasteiger partial charge in [-0.25, -0.2) is 9.97 Å². The number of hydrogen-bond acceptors (Lipinski definition) is 8. The Morgan fingerprint density at radius 3 is 2.54 bits per heavy atom. The van der Waals surface area contributed by atoms with Gasteiger partial charge in [0.1, 0.15) is 5.69 Å². The van der Waals surface area contributed by atoms with Gasteiger partial charge in [0.15, 0.2) is 5.78 Å². The van der Waals surface area contributed by atoms with Crippen LogP contribution in [0.15, 0.2) is 42.5 Å². The molecule has 1 aromatic heterocycles. The molecular weight excluding hydrogens is 468 g/mol. The molecule has 0 radical (unpaired) electrons. The van der Waals surface area contributed by atoms with Crippen molar-refractivity contribution in [1.29, 1.82) is 5.26 Å². The molecule has 37 heavy (non-hydrogen) atoms. The van der Waals surface area contributed by atoms with E-state index < -0.39 is 11.3 Å². The molecule has 1 fully saturated rings. The number of ether oxygens (including phenoxy) is 1. The van der Waals surface area contributed by atoms with Crippen molar-refractivity contribution in [3.63, 3.8) is 0 Å². The van der Waals surface area contributed by atoms with Crippen LogP contribution in [-0.4, -0.2) is 48.0 Å². The number of benzene rings is 2. The Hall–Kier alpha value is -4.29. The number of nitrogens with zero attached hydrogens (tertiary/aromatic N) is 4. The highest BCUT2D eigenvalue weighted by atomic mass is 16.5. The van der Waals surface area contributed by atoms with Gasteiger partial charge in [0.25, 0.3) is 5.91 Å². The van der Waals surface area contributed by atoms with Crippen molar-refractivity contribution in [3.05, 3.63) is 76.1 Å². The second kappa shape index (κ2) is 10.4. The third kappa shape index (κ3) is 5.44. The minimum atomic E-state index is -0.769. The number of anilines is 3. The fourth-order valence-corrected chi connectivity index (χ4v) is 4.14. The van der Waals surface area contributed by atoms with Crippen molar-refractivity contribution in [2.75, 3.05) is 42.3 Å². The normalized spacial score (nSPS) is 13.6.